The zero-order valence-electron chi connectivity index (χ0n) is 20.2. The Balaban J connectivity index is 1.27. The number of carbonyl (C=O) groups excluding carboxylic acids is 1. The van der Waals surface area contributed by atoms with Crippen molar-refractivity contribution in [3.05, 3.63) is 94.2 Å². The average molecular weight is 534 g/mol. The Morgan fingerprint density at radius 3 is 2.51 bits per heavy atom. The maximum Gasteiger partial charge on any atom is 0.251 e. The van der Waals surface area contributed by atoms with Crippen molar-refractivity contribution in [3.63, 3.8) is 0 Å². The number of fused-ring (bicyclic) bond motifs is 1. The van der Waals surface area contributed by atoms with Gasteiger partial charge in [-0.1, -0.05) is 47.1 Å². The molecular weight excluding hydrogens is 502 g/mol. The molecular formula is C29H32BrN3O2. The summed E-state index contributed by atoms with van der Waals surface area (Å²) in [6, 6.07) is 24.0. The van der Waals surface area contributed by atoms with Crippen LogP contribution in [0.4, 0.5) is 0 Å². The monoisotopic (exact) mass is 533 g/mol. The smallest absolute Gasteiger partial charge is 0.251 e. The number of nitrogens with one attached hydrogen (secondary N) is 1. The molecule has 0 unspecified atom stereocenters. The van der Waals surface area contributed by atoms with Crippen LogP contribution in [-0.2, 0) is 19.4 Å². The number of benzene rings is 3. The van der Waals surface area contributed by atoms with Crippen molar-refractivity contribution >= 4 is 32.9 Å². The van der Waals surface area contributed by atoms with Gasteiger partial charge in [0, 0.05) is 29.5 Å². The van der Waals surface area contributed by atoms with Crippen molar-refractivity contribution in [2.24, 2.45) is 0 Å². The number of para-hydroxylation sites is 2. The summed E-state index contributed by atoms with van der Waals surface area (Å²) in [6.07, 6.45) is 4.68. The number of hydrogen-bond acceptors (Lipinski definition) is 3. The molecule has 0 aliphatic carbocycles. The number of aromatic nitrogens is 2. The van der Waals surface area contributed by atoms with Crippen LogP contribution in [0.3, 0.4) is 0 Å². The number of aryl methyl sites for hydroxylation is 3. The highest BCUT2D eigenvalue weighted by atomic mass is 79.9. The summed E-state index contributed by atoms with van der Waals surface area (Å²) >= 11 is 3.40. The highest BCUT2D eigenvalue weighted by Crippen LogP contribution is 2.19. The highest BCUT2D eigenvalue weighted by Gasteiger charge is 2.11. The van der Waals surface area contributed by atoms with E-state index in [0.717, 1.165) is 65.7 Å². The molecule has 4 aromatic rings. The fourth-order valence-electron chi connectivity index (χ4n) is 4.10. The first-order chi connectivity index (χ1) is 17.1. The number of unbranched alkanes of at least 4 members (excludes halogenated alkanes) is 1. The molecule has 6 heteroatoms. The largest absolute Gasteiger partial charge is 0.494 e. The number of amides is 1. The predicted molar refractivity (Wildman–Crippen MR) is 145 cm³/mol. The van der Waals surface area contributed by atoms with E-state index in [9.17, 15) is 4.79 Å². The van der Waals surface area contributed by atoms with Crippen LogP contribution >= 0.6 is 15.9 Å². The SMILES string of the molecule is CCc1ccc(OCCCCn2c(CCCNC(=O)c3ccc(Br)cc3)nc3ccccc32)cc1. The Bertz CT molecular complexity index is 1230. The van der Waals surface area contributed by atoms with E-state index >= 15 is 0 Å². The number of ether oxygens (including phenoxy) is 1. The molecule has 0 aliphatic heterocycles. The second kappa shape index (κ2) is 12.5. The van der Waals surface area contributed by atoms with Gasteiger partial charge in [0.05, 0.1) is 17.6 Å². The van der Waals surface area contributed by atoms with Gasteiger partial charge in [0.15, 0.2) is 0 Å². The third-order valence-corrected chi connectivity index (χ3v) is 6.61. The van der Waals surface area contributed by atoms with E-state index in [0.29, 0.717) is 18.7 Å². The van der Waals surface area contributed by atoms with Crippen molar-refractivity contribution in [3.8, 4) is 5.75 Å². The molecule has 182 valence electrons. The van der Waals surface area contributed by atoms with Crippen LogP contribution in [0.5, 0.6) is 5.75 Å². The number of carbonyl (C=O) groups is 1. The van der Waals surface area contributed by atoms with Gasteiger partial charge in [-0.05, 0) is 79.8 Å². The quantitative estimate of drug-likeness (QED) is 0.209. The summed E-state index contributed by atoms with van der Waals surface area (Å²) in [4.78, 5) is 17.2. The van der Waals surface area contributed by atoms with Crippen molar-refractivity contribution in [2.75, 3.05) is 13.2 Å². The number of nitrogens with zero attached hydrogens (tertiary/aromatic N) is 2. The van der Waals surface area contributed by atoms with E-state index in [1.165, 1.54) is 5.56 Å². The first-order valence-electron chi connectivity index (χ1n) is 12.3. The molecule has 0 aliphatic rings. The molecule has 0 bridgehead atoms. The second-order valence-corrected chi connectivity index (χ2v) is 9.50. The lowest BCUT2D eigenvalue weighted by molar-refractivity contribution is 0.0953. The molecule has 0 fully saturated rings. The topological polar surface area (TPSA) is 56.1 Å². The molecule has 1 N–H and O–H groups in total. The maximum atomic E-state index is 12.4. The molecule has 3 aromatic carbocycles. The highest BCUT2D eigenvalue weighted by molar-refractivity contribution is 9.10. The number of hydrogen-bond donors (Lipinski definition) is 1. The third-order valence-electron chi connectivity index (χ3n) is 6.08. The molecule has 0 atom stereocenters. The minimum absolute atomic E-state index is 0.0460. The number of imidazole rings is 1. The minimum atomic E-state index is -0.0460. The molecule has 5 nitrogen and oxygen atoms in total. The van der Waals surface area contributed by atoms with Gasteiger partial charge in [-0.15, -0.1) is 0 Å². The van der Waals surface area contributed by atoms with Gasteiger partial charge in [-0.2, -0.15) is 0 Å². The Morgan fingerprint density at radius 1 is 0.971 bits per heavy atom. The molecule has 1 heterocycles. The predicted octanol–water partition coefficient (Wildman–Crippen LogP) is 6.58. The Morgan fingerprint density at radius 2 is 1.74 bits per heavy atom. The summed E-state index contributed by atoms with van der Waals surface area (Å²) in [5.41, 5.74) is 4.18. The fraction of sp³-hybridized carbons (Fsp3) is 0.310. The fourth-order valence-corrected chi connectivity index (χ4v) is 4.37. The molecule has 4 rings (SSSR count). The zero-order chi connectivity index (χ0) is 24.5. The molecule has 0 saturated heterocycles. The molecule has 0 radical (unpaired) electrons. The molecule has 1 aromatic heterocycles. The Kier molecular flexibility index (Phi) is 8.96. The van der Waals surface area contributed by atoms with Gasteiger partial charge < -0.3 is 14.6 Å². The average Bonchev–Trinajstić information content (AvgIpc) is 3.24. The van der Waals surface area contributed by atoms with Gasteiger partial charge in [0.2, 0.25) is 0 Å². The first kappa shape index (κ1) is 25.0. The van der Waals surface area contributed by atoms with Crippen LogP contribution in [-0.4, -0.2) is 28.6 Å². The maximum absolute atomic E-state index is 12.4. The molecule has 1 amide bonds. The zero-order valence-corrected chi connectivity index (χ0v) is 21.8. The van der Waals surface area contributed by atoms with Crippen LogP contribution in [0.25, 0.3) is 11.0 Å². The van der Waals surface area contributed by atoms with E-state index in [-0.39, 0.29) is 5.91 Å². The summed E-state index contributed by atoms with van der Waals surface area (Å²) in [5.74, 6) is 1.96. The summed E-state index contributed by atoms with van der Waals surface area (Å²) in [6.45, 7) is 4.38. The summed E-state index contributed by atoms with van der Waals surface area (Å²) in [7, 11) is 0. The Labute approximate surface area is 215 Å². The second-order valence-electron chi connectivity index (χ2n) is 8.59. The van der Waals surface area contributed by atoms with Crippen molar-refractivity contribution in [1.29, 1.82) is 0 Å². The van der Waals surface area contributed by atoms with Crippen molar-refractivity contribution < 1.29 is 9.53 Å². The van der Waals surface area contributed by atoms with Crippen molar-refractivity contribution in [1.82, 2.24) is 14.9 Å². The lowest BCUT2D eigenvalue weighted by Crippen LogP contribution is -2.25. The van der Waals surface area contributed by atoms with Gasteiger partial charge in [0.1, 0.15) is 11.6 Å². The lowest BCUT2D eigenvalue weighted by atomic mass is 10.2. The van der Waals surface area contributed by atoms with Crippen LogP contribution in [0.15, 0.2) is 77.3 Å². The van der Waals surface area contributed by atoms with Crippen LogP contribution in [0, 0.1) is 0 Å². The minimum Gasteiger partial charge on any atom is -0.494 e. The number of rotatable bonds is 12. The normalized spacial score (nSPS) is 11.0. The number of halogens is 1. The van der Waals surface area contributed by atoms with E-state index in [4.69, 9.17) is 9.72 Å². The molecule has 0 spiro atoms. The van der Waals surface area contributed by atoms with Crippen molar-refractivity contribution in [2.45, 2.75) is 45.6 Å². The van der Waals surface area contributed by atoms with Gasteiger partial charge in [-0.25, -0.2) is 4.98 Å². The lowest BCUT2D eigenvalue weighted by Gasteiger charge is -2.11. The Hall–Kier alpha value is -3.12. The van der Waals surface area contributed by atoms with E-state index < -0.39 is 0 Å². The van der Waals surface area contributed by atoms with Crippen LogP contribution in [0.2, 0.25) is 0 Å². The van der Waals surface area contributed by atoms with Gasteiger partial charge in [-0.3, -0.25) is 4.79 Å². The summed E-state index contributed by atoms with van der Waals surface area (Å²) in [5, 5.41) is 3.02. The van der Waals surface area contributed by atoms with E-state index in [1.807, 2.05) is 30.3 Å². The molecule has 0 saturated carbocycles. The molecule has 35 heavy (non-hydrogen) atoms. The van der Waals surface area contributed by atoms with Crippen LogP contribution < -0.4 is 10.1 Å². The third kappa shape index (κ3) is 6.95. The van der Waals surface area contributed by atoms with E-state index in [1.54, 1.807) is 0 Å². The van der Waals surface area contributed by atoms with E-state index in [2.05, 4.69) is 75.2 Å². The summed E-state index contributed by atoms with van der Waals surface area (Å²) < 4.78 is 9.20. The standard InChI is InChI=1S/C29H32BrN3O2/c1-2-22-11-17-25(18-12-22)35-21-6-5-20-33-27-9-4-3-8-26(27)32-28(33)10-7-19-31-29(34)23-13-15-24(30)16-14-23/h3-4,8-9,11-18H,2,5-7,10,19-21H2,1H3,(H,31,34). The van der Waals surface area contributed by atoms with Crippen LogP contribution in [0.1, 0.15) is 47.9 Å². The van der Waals surface area contributed by atoms with Gasteiger partial charge in [0.25, 0.3) is 5.91 Å². The van der Waals surface area contributed by atoms with Gasteiger partial charge >= 0.3 is 0 Å². The first-order valence-corrected chi connectivity index (χ1v) is 13.1.